The van der Waals surface area contributed by atoms with E-state index in [1.54, 1.807) is 53.4 Å². The Labute approximate surface area is 124 Å². The minimum Gasteiger partial charge on any atom is -0.375 e. The predicted octanol–water partition coefficient (Wildman–Crippen LogP) is 3.21. The Hall–Kier alpha value is -1.72. The van der Waals surface area contributed by atoms with Crippen molar-refractivity contribution < 1.29 is 8.42 Å². The summed E-state index contributed by atoms with van der Waals surface area (Å²) >= 11 is 6.12. The summed E-state index contributed by atoms with van der Waals surface area (Å²) in [5.41, 5.74) is 1.08. The average molecular weight is 311 g/mol. The third kappa shape index (κ3) is 3.05. The molecule has 6 heteroatoms. The van der Waals surface area contributed by atoms with Crippen LogP contribution in [0.2, 0.25) is 5.02 Å². The highest BCUT2D eigenvalue weighted by atomic mass is 35.5. The molecule has 4 nitrogen and oxygen atoms in total. The van der Waals surface area contributed by atoms with Crippen LogP contribution in [-0.2, 0) is 10.0 Å². The van der Waals surface area contributed by atoms with Gasteiger partial charge in [0.1, 0.15) is 0 Å². The molecular formula is C14H15ClN2O2S. The van der Waals surface area contributed by atoms with Crippen LogP contribution < -0.4 is 9.62 Å². The molecular weight excluding hydrogens is 296 g/mol. The second-order valence-corrected chi connectivity index (χ2v) is 6.54. The summed E-state index contributed by atoms with van der Waals surface area (Å²) in [7, 11) is -0.00727. The highest BCUT2D eigenvalue weighted by molar-refractivity contribution is 7.92. The molecule has 0 heterocycles. The van der Waals surface area contributed by atoms with Gasteiger partial charge in [-0.2, -0.15) is 0 Å². The van der Waals surface area contributed by atoms with Crippen LogP contribution in [0.3, 0.4) is 0 Å². The molecule has 1 N–H and O–H groups in total. The van der Waals surface area contributed by atoms with Gasteiger partial charge in [0, 0.05) is 14.1 Å². The molecule has 2 rings (SSSR count). The number of rotatable bonds is 4. The van der Waals surface area contributed by atoms with Crippen LogP contribution in [0.1, 0.15) is 0 Å². The van der Waals surface area contributed by atoms with Gasteiger partial charge in [-0.1, -0.05) is 35.9 Å². The minimum atomic E-state index is -3.62. The van der Waals surface area contributed by atoms with Crippen LogP contribution >= 0.6 is 11.6 Å². The minimum absolute atomic E-state index is 0.213. The largest absolute Gasteiger partial charge is 0.375 e. The zero-order valence-electron chi connectivity index (χ0n) is 11.2. The van der Waals surface area contributed by atoms with E-state index in [0.717, 1.165) is 0 Å². The van der Waals surface area contributed by atoms with Crippen molar-refractivity contribution in [1.82, 2.24) is 0 Å². The number of benzene rings is 2. The fourth-order valence-electron chi connectivity index (χ4n) is 1.86. The smallest absolute Gasteiger partial charge is 0.261 e. The standard InChI is InChI=1S/C14H15ClN2O2S/c1-17(2)14-12(15)9-6-10-13(14)16-20(18,19)11-7-4-3-5-8-11/h3-10,16H,1-2H3. The van der Waals surface area contributed by atoms with Crippen molar-refractivity contribution in [2.75, 3.05) is 23.7 Å². The molecule has 20 heavy (non-hydrogen) atoms. The molecule has 0 bridgehead atoms. The molecule has 0 radical (unpaired) electrons. The van der Waals surface area contributed by atoms with E-state index in [2.05, 4.69) is 4.72 Å². The number of nitrogens with zero attached hydrogens (tertiary/aromatic N) is 1. The van der Waals surface area contributed by atoms with Gasteiger partial charge < -0.3 is 4.90 Å². The van der Waals surface area contributed by atoms with Gasteiger partial charge in [-0.15, -0.1) is 0 Å². The molecule has 2 aromatic carbocycles. The third-order valence-corrected chi connectivity index (χ3v) is 4.42. The maximum atomic E-state index is 12.3. The second-order valence-electron chi connectivity index (χ2n) is 4.45. The molecule has 0 aliphatic heterocycles. The van der Waals surface area contributed by atoms with E-state index < -0.39 is 10.0 Å². The van der Waals surface area contributed by atoms with Gasteiger partial charge in [0.15, 0.2) is 0 Å². The summed E-state index contributed by atoms with van der Waals surface area (Å²) in [5.74, 6) is 0. The lowest BCUT2D eigenvalue weighted by molar-refractivity contribution is 0.601. The number of para-hydroxylation sites is 1. The van der Waals surface area contributed by atoms with Gasteiger partial charge in [-0.3, -0.25) is 4.72 Å². The molecule has 0 saturated heterocycles. The summed E-state index contributed by atoms with van der Waals surface area (Å²) in [6.07, 6.45) is 0. The third-order valence-electron chi connectivity index (χ3n) is 2.73. The molecule has 0 aromatic heterocycles. The van der Waals surface area contributed by atoms with E-state index in [1.165, 1.54) is 0 Å². The fourth-order valence-corrected chi connectivity index (χ4v) is 3.29. The summed E-state index contributed by atoms with van der Waals surface area (Å²) in [4.78, 5) is 1.98. The lowest BCUT2D eigenvalue weighted by Gasteiger charge is -2.19. The maximum Gasteiger partial charge on any atom is 0.261 e. The molecule has 2 aromatic rings. The van der Waals surface area contributed by atoms with E-state index in [9.17, 15) is 8.42 Å². The van der Waals surface area contributed by atoms with Gasteiger partial charge in [-0.25, -0.2) is 8.42 Å². The quantitative estimate of drug-likeness (QED) is 0.943. The molecule has 0 atom stereocenters. The normalized spacial score (nSPS) is 11.2. The van der Waals surface area contributed by atoms with Crippen molar-refractivity contribution in [2.45, 2.75) is 4.90 Å². The zero-order chi connectivity index (χ0) is 14.8. The number of halogens is 1. The van der Waals surface area contributed by atoms with Crippen LogP contribution in [0.25, 0.3) is 0 Å². The molecule has 0 fully saturated rings. The van der Waals surface area contributed by atoms with E-state index in [4.69, 9.17) is 11.6 Å². The highest BCUT2D eigenvalue weighted by Gasteiger charge is 2.17. The molecule has 0 spiro atoms. The van der Waals surface area contributed by atoms with Crippen molar-refractivity contribution in [2.24, 2.45) is 0 Å². The molecule has 0 aliphatic rings. The van der Waals surface area contributed by atoms with Gasteiger partial charge in [0.05, 0.1) is 21.3 Å². The van der Waals surface area contributed by atoms with Crippen molar-refractivity contribution in [1.29, 1.82) is 0 Å². The first-order valence-electron chi connectivity index (χ1n) is 5.95. The number of nitrogens with one attached hydrogen (secondary N) is 1. The SMILES string of the molecule is CN(C)c1c(Cl)cccc1NS(=O)(=O)c1ccccc1. The number of hydrogen-bond acceptors (Lipinski definition) is 3. The monoisotopic (exact) mass is 310 g/mol. The zero-order valence-corrected chi connectivity index (χ0v) is 12.7. The summed E-state index contributed by atoms with van der Waals surface area (Å²) in [6, 6.07) is 13.3. The second kappa shape index (κ2) is 5.73. The first-order chi connectivity index (χ1) is 9.42. The summed E-state index contributed by atoms with van der Waals surface area (Å²) in [6.45, 7) is 0. The fraction of sp³-hybridized carbons (Fsp3) is 0.143. The van der Waals surface area contributed by atoms with Crippen LogP contribution in [0.5, 0.6) is 0 Å². The van der Waals surface area contributed by atoms with E-state index in [1.807, 2.05) is 14.1 Å². The Kier molecular flexibility index (Phi) is 4.20. The van der Waals surface area contributed by atoms with Gasteiger partial charge in [0.25, 0.3) is 10.0 Å². The predicted molar refractivity (Wildman–Crippen MR) is 83.0 cm³/mol. The maximum absolute atomic E-state index is 12.3. The first-order valence-corrected chi connectivity index (χ1v) is 7.81. The highest BCUT2D eigenvalue weighted by Crippen LogP contribution is 2.33. The lowest BCUT2D eigenvalue weighted by Crippen LogP contribution is -2.17. The van der Waals surface area contributed by atoms with Crippen LogP contribution in [0.15, 0.2) is 53.4 Å². The van der Waals surface area contributed by atoms with Crippen molar-refractivity contribution >= 4 is 33.0 Å². The Morgan fingerprint density at radius 1 is 1.00 bits per heavy atom. The molecule has 106 valence electrons. The Bertz CT molecular complexity index is 700. The average Bonchev–Trinajstić information content (AvgIpc) is 2.39. The van der Waals surface area contributed by atoms with Gasteiger partial charge in [0.2, 0.25) is 0 Å². The molecule has 0 amide bonds. The Balaban J connectivity index is 2.43. The number of anilines is 2. The summed E-state index contributed by atoms with van der Waals surface area (Å²) in [5, 5.41) is 0.489. The topological polar surface area (TPSA) is 49.4 Å². The van der Waals surface area contributed by atoms with Crippen molar-refractivity contribution in [3.8, 4) is 0 Å². The van der Waals surface area contributed by atoms with Crippen LogP contribution in [-0.4, -0.2) is 22.5 Å². The van der Waals surface area contributed by atoms with E-state index in [-0.39, 0.29) is 4.90 Å². The number of hydrogen-bond donors (Lipinski definition) is 1. The molecule has 0 aliphatic carbocycles. The summed E-state index contributed by atoms with van der Waals surface area (Å²) < 4.78 is 27.2. The Morgan fingerprint density at radius 3 is 2.25 bits per heavy atom. The van der Waals surface area contributed by atoms with Gasteiger partial charge in [-0.05, 0) is 24.3 Å². The van der Waals surface area contributed by atoms with Crippen molar-refractivity contribution in [3.63, 3.8) is 0 Å². The lowest BCUT2D eigenvalue weighted by atomic mass is 10.2. The molecule has 0 unspecified atom stereocenters. The van der Waals surface area contributed by atoms with Crippen LogP contribution in [0, 0.1) is 0 Å². The molecule has 0 saturated carbocycles. The first kappa shape index (κ1) is 14.7. The van der Waals surface area contributed by atoms with E-state index in [0.29, 0.717) is 16.4 Å². The van der Waals surface area contributed by atoms with E-state index >= 15 is 0 Å². The number of sulfonamides is 1. The van der Waals surface area contributed by atoms with Crippen LogP contribution in [0.4, 0.5) is 11.4 Å². The van der Waals surface area contributed by atoms with Crippen molar-refractivity contribution in [3.05, 3.63) is 53.6 Å². The van der Waals surface area contributed by atoms with Gasteiger partial charge >= 0.3 is 0 Å². The Morgan fingerprint density at radius 2 is 1.65 bits per heavy atom.